The molecule has 0 bridgehead atoms. The molecule has 2 aromatic carbocycles. The van der Waals surface area contributed by atoms with Gasteiger partial charge in [-0.2, -0.15) is 8.78 Å². The third kappa shape index (κ3) is 3.23. The lowest BCUT2D eigenvalue weighted by atomic mass is 9.98. The quantitative estimate of drug-likeness (QED) is 0.704. The highest BCUT2D eigenvalue weighted by Gasteiger charge is 2.63. The van der Waals surface area contributed by atoms with Crippen LogP contribution < -0.4 is 10.2 Å². The zero-order valence-electron chi connectivity index (χ0n) is 17.0. The van der Waals surface area contributed by atoms with E-state index in [9.17, 15) is 18.4 Å². The lowest BCUT2D eigenvalue weighted by Crippen LogP contribution is -2.43. The van der Waals surface area contributed by atoms with Gasteiger partial charge in [0, 0.05) is 22.7 Å². The molecule has 0 saturated heterocycles. The first-order valence-corrected chi connectivity index (χ1v) is 11.1. The largest absolute Gasteiger partial charge is 0.352 e. The first kappa shape index (κ1) is 20.4. The van der Waals surface area contributed by atoms with Crippen molar-refractivity contribution in [3.63, 3.8) is 0 Å². The first-order valence-electron chi connectivity index (χ1n) is 10.7. The van der Waals surface area contributed by atoms with E-state index in [0.29, 0.717) is 46.9 Å². The number of para-hydroxylation sites is 1. The molecule has 7 heteroatoms. The summed E-state index contributed by atoms with van der Waals surface area (Å²) in [5.41, 5.74) is 0.704. The van der Waals surface area contributed by atoms with Gasteiger partial charge in [-0.1, -0.05) is 36.7 Å². The summed E-state index contributed by atoms with van der Waals surface area (Å²) in [4.78, 5) is 26.4. The Labute approximate surface area is 184 Å². The third-order valence-electron chi connectivity index (χ3n) is 7.17. The zero-order valence-corrected chi connectivity index (χ0v) is 17.8. The van der Waals surface area contributed by atoms with Gasteiger partial charge < -0.3 is 10.2 Å². The molecule has 162 valence electrons. The molecule has 1 aliphatic heterocycles. The van der Waals surface area contributed by atoms with E-state index >= 15 is 0 Å². The molecule has 31 heavy (non-hydrogen) atoms. The maximum absolute atomic E-state index is 14.5. The topological polar surface area (TPSA) is 49.4 Å². The molecule has 0 radical (unpaired) electrons. The van der Waals surface area contributed by atoms with Crippen molar-refractivity contribution in [3.05, 3.63) is 64.7 Å². The SMILES string of the molecule is CCC(NC(=O)c1ccc(Cl)cc1)C1[C@H]2CC(N3C(=O)C(F)(F)c4ccccc43)C[C@@H]12. The van der Waals surface area contributed by atoms with Crippen molar-refractivity contribution in [3.8, 4) is 0 Å². The number of anilines is 1. The van der Waals surface area contributed by atoms with Gasteiger partial charge >= 0.3 is 11.8 Å². The van der Waals surface area contributed by atoms with Crippen LogP contribution in [0.4, 0.5) is 14.5 Å². The number of hydrogen-bond donors (Lipinski definition) is 1. The van der Waals surface area contributed by atoms with Crippen molar-refractivity contribution in [2.75, 3.05) is 4.90 Å². The molecule has 3 aliphatic rings. The Kier molecular flexibility index (Phi) is 4.81. The Morgan fingerprint density at radius 2 is 1.81 bits per heavy atom. The van der Waals surface area contributed by atoms with E-state index in [1.165, 1.54) is 11.0 Å². The standard InChI is InChI=1S/C24H23ClF2N2O2/c1-2-19(28-22(30)13-7-9-14(25)10-8-13)21-16-11-15(12-17(16)21)29-20-6-4-3-5-18(20)24(26,27)23(29)31/h3-10,15-17,19,21H,2,11-12H2,1H3,(H,28,30)/t15?,16-,17+,19?,21?. The predicted octanol–water partition coefficient (Wildman–Crippen LogP) is 5.01. The average Bonchev–Trinajstić information content (AvgIpc) is 3.16. The number of hydrogen-bond acceptors (Lipinski definition) is 2. The number of rotatable bonds is 5. The second kappa shape index (κ2) is 7.30. The van der Waals surface area contributed by atoms with Crippen LogP contribution in [0.15, 0.2) is 48.5 Å². The molecule has 4 nitrogen and oxygen atoms in total. The molecule has 1 N–H and O–H groups in total. The Hall–Kier alpha value is -2.47. The summed E-state index contributed by atoms with van der Waals surface area (Å²) < 4.78 is 29.0. The Morgan fingerprint density at radius 1 is 1.16 bits per heavy atom. The fourth-order valence-corrected chi connectivity index (χ4v) is 5.81. The summed E-state index contributed by atoms with van der Waals surface area (Å²) in [6, 6.07) is 12.8. The number of carbonyl (C=O) groups excluding carboxylic acids is 2. The number of amides is 2. The molecule has 2 fully saturated rings. The van der Waals surface area contributed by atoms with Crippen LogP contribution in [0.5, 0.6) is 0 Å². The maximum Gasteiger partial charge on any atom is 0.352 e. The van der Waals surface area contributed by atoms with Crippen LogP contribution in [-0.4, -0.2) is 23.9 Å². The van der Waals surface area contributed by atoms with Crippen molar-refractivity contribution in [1.82, 2.24) is 5.32 Å². The smallest absolute Gasteiger partial charge is 0.349 e. The molecule has 2 saturated carbocycles. The van der Waals surface area contributed by atoms with Crippen LogP contribution in [0.2, 0.25) is 5.02 Å². The van der Waals surface area contributed by atoms with Crippen LogP contribution in [0.25, 0.3) is 0 Å². The van der Waals surface area contributed by atoms with Crippen molar-refractivity contribution in [2.45, 2.75) is 44.2 Å². The van der Waals surface area contributed by atoms with Crippen molar-refractivity contribution in [2.24, 2.45) is 17.8 Å². The second-order valence-electron chi connectivity index (χ2n) is 8.79. The number of carbonyl (C=O) groups is 2. The minimum Gasteiger partial charge on any atom is -0.349 e. The second-order valence-corrected chi connectivity index (χ2v) is 9.23. The first-order chi connectivity index (χ1) is 14.8. The van der Waals surface area contributed by atoms with Crippen molar-refractivity contribution >= 4 is 29.1 Å². The van der Waals surface area contributed by atoms with Gasteiger partial charge in [-0.05, 0) is 67.3 Å². The molecule has 0 aromatic heterocycles. The summed E-state index contributed by atoms with van der Waals surface area (Å²) >= 11 is 5.89. The average molecular weight is 445 g/mol. The minimum absolute atomic E-state index is 0.0298. The predicted molar refractivity (Wildman–Crippen MR) is 114 cm³/mol. The fourth-order valence-electron chi connectivity index (χ4n) is 5.68. The molecule has 0 spiro atoms. The van der Waals surface area contributed by atoms with Crippen LogP contribution in [0.1, 0.15) is 42.1 Å². The van der Waals surface area contributed by atoms with E-state index in [4.69, 9.17) is 11.6 Å². The van der Waals surface area contributed by atoms with Gasteiger partial charge in [0.1, 0.15) is 0 Å². The summed E-state index contributed by atoms with van der Waals surface area (Å²) in [6.07, 6.45) is 2.18. The molecular formula is C24H23ClF2N2O2. The number of benzene rings is 2. The van der Waals surface area contributed by atoms with E-state index in [-0.39, 0.29) is 23.6 Å². The van der Waals surface area contributed by atoms with E-state index in [2.05, 4.69) is 5.32 Å². The number of alkyl halides is 2. The third-order valence-corrected chi connectivity index (χ3v) is 7.42. The monoisotopic (exact) mass is 444 g/mol. The van der Waals surface area contributed by atoms with E-state index in [1.54, 1.807) is 42.5 Å². The summed E-state index contributed by atoms with van der Waals surface area (Å²) in [5, 5.41) is 3.71. The number of nitrogens with zero attached hydrogens (tertiary/aromatic N) is 1. The molecule has 3 unspecified atom stereocenters. The van der Waals surface area contributed by atoms with Gasteiger partial charge in [0.2, 0.25) is 0 Å². The highest BCUT2D eigenvalue weighted by molar-refractivity contribution is 6.30. The highest BCUT2D eigenvalue weighted by Crippen LogP contribution is 2.61. The summed E-state index contributed by atoms with van der Waals surface area (Å²) in [6.45, 7) is 2.04. The van der Waals surface area contributed by atoms with Gasteiger partial charge in [-0.25, -0.2) is 0 Å². The van der Waals surface area contributed by atoms with Gasteiger partial charge in [0.15, 0.2) is 0 Å². The molecule has 2 aliphatic carbocycles. The molecule has 2 amide bonds. The molecule has 5 rings (SSSR count). The van der Waals surface area contributed by atoms with Gasteiger partial charge in [-0.15, -0.1) is 0 Å². The van der Waals surface area contributed by atoms with E-state index < -0.39 is 11.8 Å². The van der Waals surface area contributed by atoms with Crippen LogP contribution >= 0.6 is 11.6 Å². The minimum atomic E-state index is -3.46. The van der Waals surface area contributed by atoms with Crippen LogP contribution in [0.3, 0.4) is 0 Å². The van der Waals surface area contributed by atoms with Crippen molar-refractivity contribution < 1.29 is 18.4 Å². The Morgan fingerprint density at radius 3 is 2.45 bits per heavy atom. The van der Waals surface area contributed by atoms with Gasteiger partial charge in [0.05, 0.1) is 11.3 Å². The molecular weight excluding hydrogens is 422 g/mol. The normalized spacial score (nSPS) is 28.8. The number of nitrogens with one attached hydrogen (secondary N) is 1. The highest BCUT2D eigenvalue weighted by atomic mass is 35.5. The molecule has 2 aromatic rings. The molecule has 1 heterocycles. The van der Waals surface area contributed by atoms with Crippen LogP contribution in [0, 0.1) is 17.8 Å². The van der Waals surface area contributed by atoms with E-state index in [1.807, 2.05) is 6.92 Å². The van der Waals surface area contributed by atoms with E-state index in [0.717, 1.165) is 6.42 Å². The van der Waals surface area contributed by atoms with Crippen LogP contribution in [-0.2, 0) is 10.7 Å². The Bertz CT molecular complexity index is 1030. The summed E-state index contributed by atoms with van der Waals surface area (Å²) in [7, 11) is 0. The molecule has 5 atom stereocenters. The van der Waals surface area contributed by atoms with Crippen molar-refractivity contribution in [1.29, 1.82) is 0 Å². The lowest BCUT2D eigenvalue weighted by Gasteiger charge is -2.28. The fraction of sp³-hybridized carbons (Fsp3) is 0.417. The van der Waals surface area contributed by atoms with Gasteiger partial charge in [-0.3, -0.25) is 9.59 Å². The zero-order chi connectivity index (χ0) is 21.9. The number of halogens is 3. The number of fused-ring (bicyclic) bond motifs is 2. The van der Waals surface area contributed by atoms with Gasteiger partial charge in [0.25, 0.3) is 5.91 Å². The maximum atomic E-state index is 14.5. The Balaban J connectivity index is 1.26. The summed E-state index contributed by atoms with van der Waals surface area (Å²) in [5.74, 6) is -3.69. The lowest BCUT2D eigenvalue weighted by molar-refractivity contribution is -0.142.